The lowest BCUT2D eigenvalue weighted by Gasteiger charge is -2.26. The third-order valence-corrected chi connectivity index (χ3v) is 6.32. The zero-order chi connectivity index (χ0) is 23.7. The Hall–Kier alpha value is -3.61. The monoisotopic (exact) mass is 449 g/mol. The molecule has 172 valence electrons. The molecule has 7 heteroatoms. The smallest absolute Gasteiger partial charge is 0.258 e. The Kier molecular flexibility index (Phi) is 6.22. The Morgan fingerprint density at radius 1 is 1.15 bits per heavy atom. The molecule has 0 bridgehead atoms. The van der Waals surface area contributed by atoms with Crippen molar-refractivity contribution in [1.29, 1.82) is 0 Å². The third-order valence-electron chi connectivity index (χ3n) is 6.32. The van der Waals surface area contributed by atoms with Crippen molar-refractivity contribution in [3.05, 3.63) is 66.0 Å². The van der Waals surface area contributed by atoms with Crippen LogP contribution in [0.1, 0.15) is 37.0 Å². The Morgan fingerprint density at radius 3 is 2.64 bits per heavy atom. The summed E-state index contributed by atoms with van der Waals surface area (Å²) in [6.07, 6.45) is 1.17. The van der Waals surface area contributed by atoms with Crippen molar-refractivity contribution >= 4 is 34.0 Å². The maximum absolute atomic E-state index is 14.6. The Balaban J connectivity index is 1.53. The van der Waals surface area contributed by atoms with E-state index in [0.29, 0.717) is 36.1 Å². The normalized spacial score (nSPS) is 15.8. The molecule has 2 N–H and O–H groups in total. The minimum Gasteiger partial charge on any atom is -0.506 e. The van der Waals surface area contributed by atoms with Gasteiger partial charge in [0.15, 0.2) is 0 Å². The number of hydrogen-bond donors (Lipinski definition) is 2. The first kappa shape index (κ1) is 22.6. The molecule has 4 rings (SSSR count). The van der Waals surface area contributed by atoms with Crippen molar-refractivity contribution in [2.45, 2.75) is 38.8 Å². The summed E-state index contributed by atoms with van der Waals surface area (Å²) in [5, 5.41) is 14.9. The molecular weight excluding hydrogens is 421 g/mol. The lowest BCUT2D eigenvalue weighted by molar-refractivity contribution is -0.119. The van der Waals surface area contributed by atoms with Gasteiger partial charge in [0.1, 0.15) is 17.6 Å². The molecule has 33 heavy (non-hydrogen) atoms. The van der Waals surface area contributed by atoms with Gasteiger partial charge >= 0.3 is 0 Å². The minimum atomic E-state index is -0.690. The molecule has 1 atom stereocenters. The van der Waals surface area contributed by atoms with Gasteiger partial charge in [0, 0.05) is 30.7 Å². The first-order chi connectivity index (χ1) is 15.8. The summed E-state index contributed by atoms with van der Waals surface area (Å²) in [4.78, 5) is 29.5. The number of amides is 2. The van der Waals surface area contributed by atoms with E-state index in [1.807, 2.05) is 37.9 Å². The van der Waals surface area contributed by atoms with E-state index in [1.165, 1.54) is 11.0 Å². The third kappa shape index (κ3) is 4.35. The van der Waals surface area contributed by atoms with Crippen molar-refractivity contribution in [1.82, 2.24) is 4.90 Å². The second kappa shape index (κ2) is 9.10. The van der Waals surface area contributed by atoms with Crippen LogP contribution in [0.15, 0.2) is 54.6 Å². The number of phenolic OH excluding ortho intramolecular Hbond substituents is 1. The minimum absolute atomic E-state index is 0.0870. The zero-order valence-corrected chi connectivity index (χ0v) is 19.0. The van der Waals surface area contributed by atoms with E-state index < -0.39 is 17.8 Å². The van der Waals surface area contributed by atoms with Gasteiger partial charge in [-0.25, -0.2) is 4.39 Å². The molecule has 0 aliphatic carbocycles. The van der Waals surface area contributed by atoms with E-state index in [1.54, 1.807) is 36.4 Å². The standard InChI is InChI=1S/C26H28FN3O3/c1-16(2)29(3)22-13-11-18(15-21(22)27)28-25(32)23-9-6-14-30(23)26(33)20-12-10-17-7-4-5-8-19(17)24(20)31/h4-5,7-8,10-13,15-16,23,31H,6,9,14H2,1-3H3,(H,28,32). The van der Waals surface area contributed by atoms with E-state index in [9.17, 15) is 19.1 Å². The molecule has 1 fully saturated rings. The van der Waals surface area contributed by atoms with Crippen molar-refractivity contribution in [2.24, 2.45) is 0 Å². The second-order valence-corrected chi connectivity index (χ2v) is 8.70. The molecule has 1 saturated heterocycles. The number of halogens is 1. The summed E-state index contributed by atoms with van der Waals surface area (Å²) >= 11 is 0. The van der Waals surface area contributed by atoms with E-state index in [0.717, 1.165) is 5.39 Å². The largest absolute Gasteiger partial charge is 0.506 e. The van der Waals surface area contributed by atoms with Crippen LogP contribution in [0.3, 0.4) is 0 Å². The van der Waals surface area contributed by atoms with Crippen LogP contribution in [0.25, 0.3) is 10.8 Å². The molecule has 0 saturated carbocycles. The van der Waals surface area contributed by atoms with Crippen LogP contribution in [0, 0.1) is 5.82 Å². The molecule has 1 heterocycles. The van der Waals surface area contributed by atoms with Gasteiger partial charge in [0.05, 0.1) is 11.3 Å². The molecule has 1 aliphatic heterocycles. The first-order valence-corrected chi connectivity index (χ1v) is 11.1. The van der Waals surface area contributed by atoms with Gasteiger partial charge in [-0.2, -0.15) is 0 Å². The Labute approximate surface area is 192 Å². The fraction of sp³-hybridized carbons (Fsp3) is 0.308. The number of nitrogens with one attached hydrogen (secondary N) is 1. The number of rotatable bonds is 5. The average molecular weight is 450 g/mol. The van der Waals surface area contributed by atoms with Gasteiger partial charge in [-0.15, -0.1) is 0 Å². The summed E-state index contributed by atoms with van der Waals surface area (Å²) in [5.74, 6) is -1.28. The van der Waals surface area contributed by atoms with Crippen LogP contribution in [-0.2, 0) is 4.79 Å². The number of nitrogens with zero attached hydrogens (tertiary/aromatic N) is 2. The van der Waals surface area contributed by atoms with Gasteiger partial charge in [0.2, 0.25) is 5.91 Å². The summed E-state index contributed by atoms with van der Waals surface area (Å²) < 4.78 is 14.6. The number of carbonyl (C=O) groups is 2. The van der Waals surface area contributed by atoms with Gasteiger partial charge in [-0.05, 0) is 56.3 Å². The lowest BCUT2D eigenvalue weighted by Crippen LogP contribution is -2.43. The Morgan fingerprint density at radius 2 is 1.91 bits per heavy atom. The number of benzene rings is 3. The summed E-state index contributed by atoms with van der Waals surface area (Å²) in [6.45, 7) is 4.35. The lowest BCUT2D eigenvalue weighted by atomic mass is 10.0. The number of anilines is 2. The van der Waals surface area contributed by atoms with Crippen molar-refractivity contribution in [3.8, 4) is 5.75 Å². The zero-order valence-electron chi connectivity index (χ0n) is 19.0. The predicted molar refractivity (Wildman–Crippen MR) is 128 cm³/mol. The van der Waals surface area contributed by atoms with Crippen LogP contribution >= 0.6 is 0 Å². The van der Waals surface area contributed by atoms with Gasteiger partial charge < -0.3 is 20.2 Å². The quantitative estimate of drug-likeness (QED) is 0.588. The van der Waals surface area contributed by atoms with Crippen LogP contribution < -0.4 is 10.2 Å². The number of carbonyl (C=O) groups excluding carboxylic acids is 2. The summed E-state index contributed by atoms with van der Waals surface area (Å²) in [6, 6.07) is 14.7. The molecule has 1 aliphatic rings. The number of hydrogen-bond acceptors (Lipinski definition) is 4. The number of likely N-dealkylation sites (tertiary alicyclic amines) is 1. The number of aromatic hydroxyl groups is 1. The highest BCUT2D eigenvalue weighted by molar-refractivity contribution is 6.06. The van der Waals surface area contributed by atoms with E-state index >= 15 is 0 Å². The molecular formula is C26H28FN3O3. The molecule has 0 radical (unpaired) electrons. The van der Waals surface area contributed by atoms with Crippen LogP contribution in [-0.4, -0.2) is 47.5 Å². The topological polar surface area (TPSA) is 72.9 Å². The highest BCUT2D eigenvalue weighted by atomic mass is 19.1. The molecule has 1 unspecified atom stereocenters. The summed E-state index contributed by atoms with van der Waals surface area (Å²) in [5.41, 5.74) is 0.958. The number of phenols is 1. The average Bonchev–Trinajstić information content (AvgIpc) is 3.29. The molecule has 2 amide bonds. The van der Waals surface area contributed by atoms with Gasteiger partial charge in [0.25, 0.3) is 5.91 Å². The second-order valence-electron chi connectivity index (χ2n) is 8.70. The van der Waals surface area contributed by atoms with Crippen molar-refractivity contribution in [2.75, 3.05) is 23.8 Å². The molecule has 0 aromatic heterocycles. The fourth-order valence-corrected chi connectivity index (χ4v) is 4.24. The van der Waals surface area contributed by atoms with Crippen LogP contribution in [0.2, 0.25) is 0 Å². The molecule has 3 aromatic rings. The van der Waals surface area contributed by atoms with Crippen molar-refractivity contribution < 1.29 is 19.1 Å². The van der Waals surface area contributed by atoms with E-state index in [2.05, 4.69) is 5.32 Å². The van der Waals surface area contributed by atoms with Gasteiger partial charge in [-0.3, -0.25) is 9.59 Å². The maximum Gasteiger partial charge on any atom is 0.258 e. The predicted octanol–water partition coefficient (Wildman–Crippen LogP) is 4.77. The Bertz CT molecular complexity index is 1210. The SMILES string of the molecule is CC(C)N(C)c1ccc(NC(=O)C2CCCN2C(=O)c2ccc3ccccc3c2O)cc1F. The van der Waals surface area contributed by atoms with Crippen molar-refractivity contribution in [3.63, 3.8) is 0 Å². The molecule has 3 aromatic carbocycles. The van der Waals surface area contributed by atoms with E-state index in [-0.39, 0.29) is 23.3 Å². The molecule has 6 nitrogen and oxygen atoms in total. The van der Waals surface area contributed by atoms with Crippen LogP contribution in [0.5, 0.6) is 5.75 Å². The highest BCUT2D eigenvalue weighted by Gasteiger charge is 2.35. The first-order valence-electron chi connectivity index (χ1n) is 11.1. The van der Waals surface area contributed by atoms with E-state index in [4.69, 9.17) is 0 Å². The maximum atomic E-state index is 14.6. The summed E-state index contributed by atoms with van der Waals surface area (Å²) in [7, 11) is 1.81. The number of fused-ring (bicyclic) bond motifs is 1. The van der Waals surface area contributed by atoms with Gasteiger partial charge in [-0.1, -0.05) is 30.3 Å². The molecule has 0 spiro atoms. The van der Waals surface area contributed by atoms with Crippen LogP contribution in [0.4, 0.5) is 15.8 Å². The highest BCUT2D eigenvalue weighted by Crippen LogP contribution is 2.32. The fourth-order valence-electron chi connectivity index (χ4n) is 4.24.